The quantitative estimate of drug-likeness (QED) is 0.633. The van der Waals surface area contributed by atoms with Crippen LogP contribution in [-0.2, 0) is 0 Å². The Morgan fingerprint density at radius 3 is 3.14 bits per heavy atom. The van der Waals surface area contributed by atoms with Crippen LogP contribution in [0.25, 0.3) is 5.65 Å². The number of aromatic nitrogens is 4. The maximum Gasteiger partial charge on any atom is 0.256 e. The predicted molar refractivity (Wildman–Crippen MR) is 102 cm³/mol. The van der Waals surface area contributed by atoms with E-state index >= 15 is 0 Å². The normalized spacial score (nSPS) is 16.6. The van der Waals surface area contributed by atoms with Crippen LogP contribution >= 0.6 is 11.6 Å². The second-order valence-corrected chi connectivity index (χ2v) is 6.89. The molecule has 2 N–H and O–H groups in total. The van der Waals surface area contributed by atoms with E-state index in [2.05, 4.69) is 20.4 Å². The van der Waals surface area contributed by atoms with Crippen molar-refractivity contribution < 1.29 is 9.18 Å². The Labute approximate surface area is 164 Å². The highest BCUT2D eigenvalue weighted by Crippen LogP contribution is 2.34. The Kier molecular flexibility index (Phi) is 4.99. The molecule has 0 aromatic carbocycles. The fourth-order valence-corrected chi connectivity index (χ4v) is 3.62. The van der Waals surface area contributed by atoms with Gasteiger partial charge in [0.05, 0.1) is 12.2 Å². The molecule has 0 bridgehead atoms. The van der Waals surface area contributed by atoms with Crippen molar-refractivity contribution in [2.75, 3.05) is 23.9 Å². The summed E-state index contributed by atoms with van der Waals surface area (Å²) in [7, 11) is 0. The number of carbonyl (C=O) groups excluding carboxylic acids is 1. The van der Waals surface area contributed by atoms with E-state index in [1.807, 2.05) is 4.90 Å². The van der Waals surface area contributed by atoms with Gasteiger partial charge >= 0.3 is 0 Å². The third-order valence-corrected chi connectivity index (χ3v) is 4.97. The predicted octanol–water partition coefficient (Wildman–Crippen LogP) is 1.87. The number of alkyl halides is 1. The number of anilines is 1. The first-order valence-electron chi connectivity index (χ1n) is 8.92. The summed E-state index contributed by atoms with van der Waals surface area (Å²) in [6.45, 7) is 1.01. The van der Waals surface area contributed by atoms with Crippen LogP contribution in [0, 0.1) is 5.82 Å². The van der Waals surface area contributed by atoms with E-state index in [9.17, 15) is 14.0 Å². The number of hydrogen-bond donors (Lipinski definition) is 2. The molecule has 3 aromatic rings. The van der Waals surface area contributed by atoms with Crippen LogP contribution < -0.4 is 15.8 Å². The molecule has 8 nitrogen and oxygen atoms in total. The first-order chi connectivity index (χ1) is 13.6. The fourth-order valence-electron chi connectivity index (χ4n) is 3.52. The Bertz CT molecular complexity index is 1080. The molecule has 1 atom stereocenters. The number of amides is 1. The van der Waals surface area contributed by atoms with Gasteiger partial charge in [0.15, 0.2) is 5.65 Å². The minimum Gasteiger partial charge on any atom is -0.351 e. The number of rotatable bonds is 5. The number of nitrogens with zero attached hydrogens (tertiary/aromatic N) is 4. The van der Waals surface area contributed by atoms with Gasteiger partial charge in [-0.1, -0.05) is 0 Å². The molecule has 0 saturated carbocycles. The van der Waals surface area contributed by atoms with E-state index < -0.39 is 5.82 Å². The summed E-state index contributed by atoms with van der Waals surface area (Å²) < 4.78 is 15.2. The number of pyridine rings is 1. The largest absolute Gasteiger partial charge is 0.351 e. The van der Waals surface area contributed by atoms with Crippen molar-refractivity contribution >= 4 is 29.0 Å². The summed E-state index contributed by atoms with van der Waals surface area (Å²) in [6.07, 6.45) is 5.76. The van der Waals surface area contributed by atoms with E-state index in [1.165, 1.54) is 16.8 Å². The average Bonchev–Trinajstić information content (AvgIpc) is 3.34. The lowest BCUT2D eigenvalue weighted by Crippen LogP contribution is -2.29. The van der Waals surface area contributed by atoms with E-state index in [0.717, 1.165) is 12.6 Å². The highest BCUT2D eigenvalue weighted by atomic mass is 35.5. The van der Waals surface area contributed by atoms with Crippen molar-refractivity contribution in [3.63, 3.8) is 0 Å². The minimum absolute atomic E-state index is 0.286. The number of nitrogens with one attached hydrogen (secondary N) is 2. The van der Waals surface area contributed by atoms with Crippen molar-refractivity contribution in [2.45, 2.75) is 18.9 Å². The lowest BCUT2D eigenvalue weighted by molar-refractivity contribution is 0.0957. The zero-order valence-corrected chi connectivity index (χ0v) is 15.6. The highest BCUT2D eigenvalue weighted by molar-refractivity contribution is 6.18. The van der Waals surface area contributed by atoms with Crippen LogP contribution in [0.3, 0.4) is 0 Å². The third kappa shape index (κ3) is 3.33. The SMILES string of the molecule is O=C(NCCCl)c1cnn2ccc(N3CCC[C@@H]3c3cc(F)c[nH]c3=O)nc12. The second kappa shape index (κ2) is 7.59. The summed E-state index contributed by atoms with van der Waals surface area (Å²) in [5, 5.41) is 6.85. The Balaban J connectivity index is 1.71. The van der Waals surface area contributed by atoms with Crippen molar-refractivity contribution in [3.05, 3.63) is 58.0 Å². The van der Waals surface area contributed by atoms with Crippen LogP contribution in [0.5, 0.6) is 0 Å². The maximum atomic E-state index is 13.7. The lowest BCUT2D eigenvalue weighted by Gasteiger charge is -2.25. The van der Waals surface area contributed by atoms with Gasteiger partial charge in [-0.05, 0) is 25.0 Å². The van der Waals surface area contributed by atoms with E-state index in [-0.39, 0.29) is 17.5 Å². The molecule has 28 heavy (non-hydrogen) atoms. The standard InChI is InChI=1S/C18H18ClFN6O2/c19-4-5-21-18(28)13-10-23-26-7-3-15(24-16(13)26)25-6-1-2-14(25)12-8-11(20)9-22-17(12)27/h3,7-10,14H,1-2,4-6H2,(H,21,28)(H,22,27)/t14-/m1/s1. The van der Waals surface area contributed by atoms with E-state index in [4.69, 9.17) is 11.6 Å². The molecule has 1 aliphatic rings. The van der Waals surface area contributed by atoms with Crippen molar-refractivity contribution in [1.82, 2.24) is 24.9 Å². The Hall–Kier alpha value is -2.94. The molecular formula is C18H18ClFN6O2. The molecule has 0 radical (unpaired) electrons. The zero-order valence-electron chi connectivity index (χ0n) is 14.9. The van der Waals surface area contributed by atoms with Gasteiger partial charge in [-0.25, -0.2) is 13.9 Å². The molecule has 3 aromatic heterocycles. The number of halogens is 2. The van der Waals surface area contributed by atoms with Crippen molar-refractivity contribution in [3.8, 4) is 0 Å². The van der Waals surface area contributed by atoms with Gasteiger partial charge in [-0.2, -0.15) is 5.10 Å². The van der Waals surface area contributed by atoms with Crippen LogP contribution in [0.1, 0.15) is 34.8 Å². The molecule has 0 unspecified atom stereocenters. The maximum absolute atomic E-state index is 13.7. The van der Waals surface area contributed by atoms with Gasteiger partial charge in [0.25, 0.3) is 11.5 Å². The molecule has 4 heterocycles. The average molecular weight is 405 g/mol. The fraction of sp³-hybridized carbons (Fsp3) is 0.333. The van der Waals surface area contributed by atoms with Gasteiger partial charge < -0.3 is 15.2 Å². The van der Waals surface area contributed by atoms with Crippen molar-refractivity contribution in [2.24, 2.45) is 0 Å². The smallest absolute Gasteiger partial charge is 0.256 e. The van der Waals surface area contributed by atoms with Crippen molar-refractivity contribution in [1.29, 1.82) is 0 Å². The second-order valence-electron chi connectivity index (χ2n) is 6.51. The summed E-state index contributed by atoms with van der Waals surface area (Å²) in [6, 6.07) is 2.75. The molecule has 4 rings (SSSR count). The summed E-state index contributed by atoms with van der Waals surface area (Å²) in [4.78, 5) is 33.5. The third-order valence-electron chi connectivity index (χ3n) is 4.78. The van der Waals surface area contributed by atoms with Gasteiger partial charge in [-0.15, -0.1) is 11.6 Å². The first kappa shape index (κ1) is 18.4. The molecule has 1 amide bonds. The summed E-state index contributed by atoms with van der Waals surface area (Å²) in [5.74, 6) is 0.116. The number of carbonyl (C=O) groups is 1. The molecule has 1 saturated heterocycles. The molecule has 0 spiro atoms. The number of H-pyrrole nitrogens is 1. The molecule has 10 heteroatoms. The van der Waals surface area contributed by atoms with Gasteiger partial charge in [0.2, 0.25) is 0 Å². The van der Waals surface area contributed by atoms with Gasteiger partial charge in [-0.3, -0.25) is 9.59 Å². The van der Waals surface area contributed by atoms with Gasteiger partial charge in [0, 0.05) is 36.9 Å². The molecule has 1 aliphatic heterocycles. The van der Waals surface area contributed by atoms with E-state index in [0.29, 0.717) is 48.0 Å². The van der Waals surface area contributed by atoms with Crippen LogP contribution in [0.15, 0.2) is 35.5 Å². The van der Waals surface area contributed by atoms with Crippen LogP contribution in [0.2, 0.25) is 0 Å². The molecule has 1 fully saturated rings. The highest BCUT2D eigenvalue weighted by Gasteiger charge is 2.30. The Morgan fingerprint density at radius 2 is 2.32 bits per heavy atom. The lowest BCUT2D eigenvalue weighted by atomic mass is 10.1. The van der Waals surface area contributed by atoms with Crippen LogP contribution in [0.4, 0.5) is 10.2 Å². The molecular weight excluding hydrogens is 387 g/mol. The van der Waals surface area contributed by atoms with Crippen LogP contribution in [-0.4, -0.2) is 44.5 Å². The first-order valence-corrected chi connectivity index (χ1v) is 9.45. The van der Waals surface area contributed by atoms with Gasteiger partial charge in [0.1, 0.15) is 17.2 Å². The van der Waals surface area contributed by atoms with E-state index in [1.54, 1.807) is 12.3 Å². The summed E-state index contributed by atoms with van der Waals surface area (Å²) >= 11 is 5.62. The number of hydrogen-bond acceptors (Lipinski definition) is 5. The monoisotopic (exact) mass is 404 g/mol. The molecule has 146 valence electrons. The number of aromatic amines is 1. The molecule has 0 aliphatic carbocycles. The number of fused-ring (bicyclic) bond motifs is 1. The zero-order chi connectivity index (χ0) is 19.7. The minimum atomic E-state index is -0.487. The topological polar surface area (TPSA) is 95.4 Å². The summed E-state index contributed by atoms with van der Waals surface area (Å²) in [5.41, 5.74) is 0.798. The Morgan fingerprint density at radius 1 is 1.46 bits per heavy atom.